The van der Waals surface area contributed by atoms with Crippen LogP contribution in [0.5, 0.6) is 0 Å². The van der Waals surface area contributed by atoms with Gasteiger partial charge in [0.2, 0.25) is 0 Å². The van der Waals surface area contributed by atoms with E-state index in [2.05, 4.69) is 38.4 Å². The van der Waals surface area contributed by atoms with Crippen molar-refractivity contribution >= 4 is 17.4 Å². The van der Waals surface area contributed by atoms with Crippen LogP contribution in [0, 0.1) is 0 Å². The molecule has 25 heavy (non-hydrogen) atoms. The number of aryl methyl sites for hydroxylation is 1. The predicted octanol–water partition coefficient (Wildman–Crippen LogP) is 2.47. The van der Waals surface area contributed by atoms with E-state index in [0.717, 1.165) is 50.3 Å². The molecule has 1 amide bonds. The maximum absolute atomic E-state index is 12.4. The van der Waals surface area contributed by atoms with Crippen molar-refractivity contribution < 1.29 is 9.53 Å². The molecule has 6 nitrogen and oxygen atoms in total. The highest BCUT2D eigenvalue weighted by molar-refractivity contribution is 5.93. The molecular formula is C19H22N4O2. The van der Waals surface area contributed by atoms with Crippen LogP contribution >= 0.6 is 0 Å². The van der Waals surface area contributed by atoms with Gasteiger partial charge in [0.25, 0.3) is 5.91 Å². The van der Waals surface area contributed by atoms with Crippen LogP contribution in [-0.2, 0) is 11.2 Å². The number of ether oxygens (including phenoxy) is 1. The minimum Gasteiger partial charge on any atom is -0.376 e. The number of hydrogen-bond acceptors (Lipinski definition) is 5. The molecule has 1 unspecified atom stereocenters. The Hall–Kier alpha value is -2.47. The number of hydrogen-bond donors (Lipinski definition) is 1. The smallest absolute Gasteiger partial charge is 0.270 e. The molecule has 1 saturated heterocycles. The zero-order valence-corrected chi connectivity index (χ0v) is 14.1. The van der Waals surface area contributed by atoms with E-state index in [1.165, 1.54) is 11.9 Å². The summed E-state index contributed by atoms with van der Waals surface area (Å²) in [5, 5.41) is 2.92. The second-order valence-corrected chi connectivity index (χ2v) is 6.49. The van der Waals surface area contributed by atoms with Gasteiger partial charge in [-0.15, -0.1) is 0 Å². The van der Waals surface area contributed by atoms with Crippen LogP contribution in [0.3, 0.4) is 0 Å². The van der Waals surface area contributed by atoms with Crippen molar-refractivity contribution in [1.82, 2.24) is 15.3 Å². The van der Waals surface area contributed by atoms with Crippen LogP contribution in [-0.4, -0.2) is 41.7 Å². The summed E-state index contributed by atoms with van der Waals surface area (Å²) < 4.78 is 5.54. The summed E-state index contributed by atoms with van der Waals surface area (Å²) in [7, 11) is 0. The number of amides is 1. The Morgan fingerprint density at radius 2 is 2.20 bits per heavy atom. The minimum absolute atomic E-state index is 0.124. The van der Waals surface area contributed by atoms with E-state index in [1.807, 2.05) is 6.07 Å². The van der Waals surface area contributed by atoms with Gasteiger partial charge in [-0.25, -0.2) is 9.97 Å². The fourth-order valence-corrected chi connectivity index (χ4v) is 3.49. The topological polar surface area (TPSA) is 67.3 Å². The molecule has 1 atom stereocenters. The first-order chi connectivity index (χ1) is 12.3. The van der Waals surface area contributed by atoms with Gasteiger partial charge >= 0.3 is 0 Å². The molecule has 0 radical (unpaired) electrons. The first kappa shape index (κ1) is 16.0. The minimum atomic E-state index is -0.176. The van der Waals surface area contributed by atoms with Gasteiger partial charge in [-0.1, -0.05) is 18.2 Å². The van der Waals surface area contributed by atoms with Gasteiger partial charge in [-0.3, -0.25) is 4.79 Å². The quantitative estimate of drug-likeness (QED) is 0.927. The van der Waals surface area contributed by atoms with Crippen molar-refractivity contribution in [1.29, 1.82) is 0 Å². The lowest BCUT2D eigenvalue weighted by Gasteiger charge is -2.30. The number of rotatable bonds is 4. The van der Waals surface area contributed by atoms with E-state index in [9.17, 15) is 4.79 Å². The number of para-hydroxylation sites is 1. The van der Waals surface area contributed by atoms with Gasteiger partial charge in [0.15, 0.2) is 0 Å². The second kappa shape index (κ2) is 7.19. The number of nitrogens with zero attached hydrogens (tertiary/aromatic N) is 3. The normalized spacial score (nSPS) is 19.5. The fourth-order valence-electron chi connectivity index (χ4n) is 3.49. The summed E-state index contributed by atoms with van der Waals surface area (Å²) in [4.78, 5) is 23.1. The van der Waals surface area contributed by atoms with Crippen LogP contribution in [0.1, 0.15) is 35.3 Å². The van der Waals surface area contributed by atoms with E-state index >= 15 is 0 Å². The Bertz CT molecular complexity index is 759. The molecule has 0 bridgehead atoms. The molecule has 1 aromatic carbocycles. The molecule has 1 aromatic heterocycles. The molecule has 0 saturated carbocycles. The van der Waals surface area contributed by atoms with Crippen LogP contribution in [0.25, 0.3) is 0 Å². The van der Waals surface area contributed by atoms with Crippen LogP contribution < -0.4 is 10.2 Å². The summed E-state index contributed by atoms with van der Waals surface area (Å²) in [6.07, 6.45) is 5.80. The molecule has 2 aliphatic rings. The Balaban J connectivity index is 1.51. The lowest BCUT2D eigenvalue weighted by atomic mass is 10.0. The average Bonchev–Trinajstić information content (AvgIpc) is 3.19. The summed E-state index contributed by atoms with van der Waals surface area (Å²) in [5.74, 6) is 0.592. The molecule has 1 fully saturated rings. The number of fused-ring (bicyclic) bond motifs is 1. The monoisotopic (exact) mass is 338 g/mol. The molecule has 130 valence electrons. The standard InChI is InChI=1S/C19H22N4O2/c24-19(20-12-15-7-4-10-25-15)16-11-18(22-13-21-16)23-9-3-6-14-5-1-2-8-17(14)23/h1-2,5,8,11,13,15H,3-4,6-7,9-10,12H2,(H,20,24). The number of anilines is 2. The van der Waals surface area contributed by atoms with Crippen molar-refractivity contribution in [2.75, 3.05) is 24.6 Å². The van der Waals surface area contributed by atoms with Crippen LogP contribution in [0.4, 0.5) is 11.5 Å². The van der Waals surface area contributed by atoms with Crippen molar-refractivity contribution in [2.45, 2.75) is 31.8 Å². The number of carbonyl (C=O) groups is 1. The summed E-state index contributed by atoms with van der Waals surface area (Å²) >= 11 is 0. The van der Waals surface area contributed by atoms with Gasteiger partial charge in [0.05, 0.1) is 6.10 Å². The van der Waals surface area contributed by atoms with Crippen molar-refractivity contribution in [2.24, 2.45) is 0 Å². The van der Waals surface area contributed by atoms with Crippen molar-refractivity contribution in [3.05, 3.63) is 47.9 Å². The van der Waals surface area contributed by atoms with E-state index in [1.54, 1.807) is 6.07 Å². The lowest BCUT2D eigenvalue weighted by Crippen LogP contribution is -2.32. The number of carbonyl (C=O) groups excluding carboxylic acids is 1. The summed E-state index contributed by atoms with van der Waals surface area (Å²) in [6.45, 7) is 2.21. The van der Waals surface area contributed by atoms with E-state index in [-0.39, 0.29) is 12.0 Å². The maximum Gasteiger partial charge on any atom is 0.270 e. The number of nitrogens with one attached hydrogen (secondary N) is 1. The van der Waals surface area contributed by atoms with Crippen LogP contribution in [0.2, 0.25) is 0 Å². The largest absolute Gasteiger partial charge is 0.376 e. The fraction of sp³-hybridized carbons (Fsp3) is 0.421. The third-order valence-corrected chi connectivity index (χ3v) is 4.79. The van der Waals surface area contributed by atoms with E-state index < -0.39 is 0 Å². The zero-order chi connectivity index (χ0) is 17.1. The third-order valence-electron chi connectivity index (χ3n) is 4.79. The molecule has 2 aliphatic heterocycles. The average molecular weight is 338 g/mol. The van der Waals surface area contributed by atoms with Gasteiger partial charge in [-0.2, -0.15) is 0 Å². The Kier molecular flexibility index (Phi) is 4.61. The summed E-state index contributed by atoms with van der Waals surface area (Å²) in [6, 6.07) is 10.1. The molecule has 0 aliphatic carbocycles. The first-order valence-corrected chi connectivity index (χ1v) is 8.88. The van der Waals surface area contributed by atoms with Crippen molar-refractivity contribution in [3.8, 4) is 0 Å². The van der Waals surface area contributed by atoms with Gasteiger partial charge in [0.1, 0.15) is 17.8 Å². The molecule has 2 aromatic rings. The molecular weight excluding hydrogens is 316 g/mol. The Morgan fingerprint density at radius 1 is 1.28 bits per heavy atom. The first-order valence-electron chi connectivity index (χ1n) is 8.88. The SMILES string of the molecule is O=C(NCC1CCCO1)c1cc(N2CCCc3ccccc32)ncn1. The van der Waals surface area contributed by atoms with Gasteiger partial charge in [-0.05, 0) is 37.3 Å². The molecule has 3 heterocycles. The highest BCUT2D eigenvalue weighted by Crippen LogP contribution is 2.32. The molecule has 6 heteroatoms. The Morgan fingerprint density at radius 3 is 3.08 bits per heavy atom. The van der Waals surface area contributed by atoms with Crippen LogP contribution in [0.15, 0.2) is 36.7 Å². The van der Waals surface area contributed by atoms with Gasteiger partial charge < -0.3 is 15.0 Å². The maximum atomic E-state index is 12.4. The lowest BCUT2D eigenvalue weighted by molar-refractivity contribution is 0.0853. The second-order valence-electron chi connectivity index (χ2n) is 6.49. The van der Waals surface area contributed by atoms with Crippen molar-refractivity contribution in [3.63, 3.8) is 0 Å². The zero-order valence-electron chi connectivity index (χ0n) is 14.1. The van der Waals surface area contributed by atoms with Gasteiger partial charge in [0, 0.05) is 31.5 Å². The van der Waals surface area contributed by atoms with E-state index in [4.69, 9.17) is 4.74 Å². The summed E-state index contributed by atoms with van der Waals surface area (Å²) in [5.41, 5.74) is 2.88. The molecule has 0 spiro atoms. The number of benzene rings is 1. The molecule has 1 N–H and O–H groups in total. The predicted molar refractivity (Wildman–Crippen MR) is 95.1 cm³/mol. The third kappa shape index (κ3) is 3.49. The Labute approximate surface area is 147 Å². The highest BCUT2D eigenvalue weighted by Gasteiger charge is 2.21. The molecule has 4 rings (SSSR count). The number of aromatic nitrogens is 2. The van der Waals surface area contributed by atoms with E-state index in [0.29, 0.717) is 12.2 Å². The highest BCUT2D eigenvalue weighted by atomic mass is 16.5.